The van der Waals surface area contributed by atoms with Gasteiger partial charge in [-0.1, -0.05) is 36.4 Å². The van der Waals surface area contributed by atoms with Crippen molar-refractivity contribution < 1.29 is 14.5 Å². The van der Waals surface area contributed by atoms with Crippen molar-refractivity contribution in [2.24, 2.45) is 0 Å². The number of aliphatic carboxylic acids is 1. The zero-order valence-corrected chi connectivity index (χ0v) is 11.1. The van der Waals surface area contributed by atoms with E-state index in [4.69, 9.17) is 5.11 Å². The molecule has 0 unspecified atom stereocenters. The SMILES string of the molecule is O=C(O)CNP(=O)(c1ccccc1)c1ccccc1. The first-order valence-corrected chi connectivity index (χ1v) is 7.52. The smallest absolute Gasteiger partial charge is 0.317 e. The van der Waals surface area contributed by atoms with Gasteiger partial charge in [0.05, 0.1) is 0 Å². The predicted molar refractivity (Wildman–Crippen MR) is 75.4 cm³/mol. The summed E-state index contributed by atoms with van der Waals surface area (Å²) in [5, 5.41) is 12.7. The normalized spacial score (nSPS) is 11.2. The van der Waals surface area contributed by atoms with Crippen LogP contribution < -0.4 is 15.7 Å². The number of carboxylic acid groups (broad SMARTS) is 1. The quantitative estimate of drug-likeness (QED) is 0.813. The van der Waals surface area contributed by atoms with E-state index in [1.165, 1.54) is 0 Å². The van der Waals surface area contributed by atoms with Gasteiger partial charge in [0.15, 0.2) is 0 Å². The number of rotatable bonds is 5. The maximum atomic E-state index is 13.1. The van der Waals surface area contributed by atoms with E-state index in [-0.39, 0.29) is 6.54 Å². The van der Waals surface area contributed by atoms with Crippen LogP contribution in [0.4, 0.5) is 0 Å². The molecule has 5 heteroatoms. The first-order valence-electron chi connectivity index (χ1n) is 5.81. The fraction of sp³-hybridized carbons (Fsp3) is 0.0714. The Morgan fingerprint density at radius 3 is 1.74 bits per heavy atom. The number of carboxylic acids is 1. The van der Waals surface area contributed by atoms with Crippen LogP contribution >= 0.6 is 7.29 Å². The lowest BCUT2D eigenvalue weighted by atomic mass is 10.4. The highest BCUT2D eigenvalue weighted by Crippen LogP contribution is 2.38. The molecule has 98 valence electrons. The maximum Gasteiger partial charge on any atom is 0.317 e. The van der Waals surface area contributed by atoms with Crippen LogP contribution in [-0.2, 0) is 9.36 Å². The minimum Gasteiger partial charge on any atom is -0.480 e. The summed E-state index contributed by atoms with van der Waals surface area (Å²) < 4.78 is 13.1. The molecule has 2 rings (SSSR count). The van der Waals surface area contributed by atoms with Crippen molar-refractivity contribution in [1.82, 2.24) is 5.09 Å². The Morgan fingerprint density at radius 1 is 0.947 bits per heavy atom. The molecule has 0 fully saturated rings. The lowest BCUT2D eigenvalue weighted by Crippen LogP contribution is -2.31. The fourth-order valence-electron chi connectivity index (χ4n) is 1.79. The molecule has 2 aromatic carbocycles. The van der Waals surface area contributed by atoms with Crippen LogP contribution in [-0.4, -0.2) is 17.6 Å². The second kappa shape index (κ2) is 5.83. The van der Waals surface area contributed by atoms with Gasteiger partial charge in [-0.15, -0.1) is 0 Å². The first-order chi connectivity index (χ1) is 9.13. The van der Waals surface area contributed by atoms with Crippen molar-refractivity contribution in [3.05, 3.63) is 60.7 Å². The van der Waals surface area contributed by atoms with Crippen molar-refractivity contribution in [3.8, 4) is 0 Å². The molecule has 0 heterocycles. The maximum absolute atomic E-state index is 13.1. The molecular weight excluding hydrogens is 261 g/mol. The number of carbonyl (C=O) groups is 1. The van der Waals surface area contributed by atoms with E-state index < -0.39 is 13.3 Å². The molecule has 0 aromatic heterocycles. The number of nitrogens with one attached hydrogen (secondary N) is 1. The summed E-state index contributed by atoms with van der Waals surface area (Å²) in [7, 11) is -3.11. The molecule has 0 spiro atoms. The Kier molecular flexibility index (Phi) is 4.15. The molecule has 0 aliphatic heterocycles. The van der Waals surface area contributed by atoms with Crippen LogP contribution in [0.2, 0.25) is 0 Å². The average molecular weight is 275 g/mol. The summed E-state index contributed by atoms with van der Waals surface area (Å²) in [5.41, 5.74) is 0. The van der Waals surface area contributed by atoms with E-state index in [1.54, 1.807) is 48.5 Å². The van der Waals surface area contributed by atoms with Gasteiger partial charge in [0.25, 0.3) is 0 Å². The molecule has 4 nitrogen and oxygen atoms in total. The van der Waals surface area contributed by atoms with Gasteiger partial charge in [-0.05, 0) is 24.3 Å². The Balaban J connectivity index is 2.45. The molecule has 19 heavy (non-hydrogen) atoms. The monoisotopic (exact) mass is 275 g/mol. The van der Waals surface area contributed by atoms with Crippen molar-refractivity contribution in [3.63, 3.8) is 0 Å². The van der Waals surface area contributed by atoms with E-state index in [1.807, 2.05) is 12.1 Å². The lowest BCUT2D eigenvalue weighted by molar-refractivity contribution is -0.135. The standard InChI is InChI=1S/C14H14NO3P/c16-14(17)11-15-19(18,12-7-3-1-4-8-12)13-9-5-2-6-10-13/h1-10H,11H2,(H,15,18)(H,16,17). The molecule has 0 saturated carbocycles. The molecule has 0 bridgehead atoms. The summed E-state index contributed by atoms with van der Waals surface area (Å²) in [4.78, 5) is 10.7. The highest BCUT2D eigenvalue weighted by atomic mass is 31.2. The molecule has 0 aliphatic rings. The molecule has 0 aliphatic carbocycles. The van der Waals surface area contributed by atoms with Crippen molar-refractivity contribution in [2.75, 3.05) is 6.54 Å². The van der Waals surface area contributed by atoms with Crippen LogP contribution in [0.15, 0.2) is 60.7 Å². The third kappa shape index (κ3) is 3.11. The molecule has 2 aromatic rings. The van der Waals surface area contributed by atoms with Gasteiger partial charge >= 0.3 is 5.97 Å². The van der Waals surface area contributed by atoms with Crippen LogP contribution in [0.1, 0.15) is 0 Å². The summed E-state index contributed by atoms with van der Waals surface area (Å²) >= 11 is 0. The van der Waals surface area contributed by atoms with Gasteiger partial charge in [-0.2, -0.15) is 0 Å². The van der Waals surface area contributed by atoms with Crippen LogP contribution in [0.5, 0.6) is 0 Å². The Hall–Kier alpha value is -1.90. The third-order valence-electron chi connectivity index (χ3n) is 2.69. The topological polar surface area (TPSA) is 66.4 Å². The largest absolute Gasteiger partial charge is 0.480 e. The Bertz CT molecular complexity index is 555. The van der Waals surface area contributed by atoms with Crippen molar-refractivity contribution in [1.29, 1.82) is 0 Å². The van der Waals surface area contributed by atoms with Crippen LogP contribution in [0.25, 0.3) is 0 Å². The number of hydrogen-bond acceptors (Lipinski definition) is 2. The Morgan fingerprint density at radius 2 is 1.37 bits per heavy atom. The van der Waals surface area contributed by atoms with Gasteiger partial charge < -0.3 is 5.11 Å². The second-order valence-corrected chi connectivity index (χ2v) is 6.58. The van der Waals surface area contributed by atoms with E-state index in [9.17, 15) is 9.36 Å². The zero-order chi connectivity index (χ0) is 13.7. The minimum absolute atomic E-state index is 0.346. The predicted octanol–water partition coefficient (Wildman–Crippen LogP) is 1.59. The third-order valence-corrected chi connectivity index (χ3v) is 5.35. The molecule has 2 N–H and O–H groups in total. The van der Waals surface area contributed by atoms with E-state index in [0.717, 1.165) is 0 Å². The van der Waals surface area contributed by atoms with Crippen molar-refractivity contribution >= 4 is 23.9 Å². The fourth-order valence-corrected chi connectivity index (χ4v) is 3.99. The first kappa shape index (κ1) is 13.5. The molecular formula is C14H14NO3P. The molecule has 0 amide bonds. The molecule has 0 atom stereocenters. The van der Waals surface area contributed by atoms with E-state index in [0.29, 0.717) is 10.6 Å². The summed E-state index contributed by atoms with van der Waals surface area (Å²) in [6.07, 6.45) is 0. The van der Waals surface area contributed by atoms with Gasteiger partial charge in [0, 0.05) is 10.6 Å². The van der Waals surface area contributed by atoms with E-state index >= 15 is 0 Å². The lowest BCUT2D eigenvalue weighted by Gasteiger charge is -2.19. The Labute approximate surface area is 111 Å². The number of hydrogen-bond donors (Lipinski definition) is 2. The van der Waals surface area contributed by atoms with Gasteiger partial charge in [0.2, 0.25) is 7.29 Å². The highest BCUT2D eigenvalue weighted by molar-refractivity contribution is 7.76. The van der Waals surface area contributed by atoms with E-state index in [2.05, 4.69) is 5.09 Å². The molecule has 0 saturated heterocycles. The van der Waals surface area contributed by atoms with Crippen LogP contribution in [0, 0.1) is 0 Å². The van der Waals surface area contributed by atoms with Gasteiger partial charge in [0.1, 0.15) is 6.54 Å². The van der Waals surface area contributed by atoms with Crippen LogP contribution in [0.3, 0.4) is 0 Å². The summed E-state index contributed by atoms with van der Waals surface area (Å²) in [6.45, 7) is -0.346. The molecule has 0 radical (unpaired) electrons. The summed E-state index contributed by atoms with van der Waals surface area (Å²) in [5.74, 6) is -1.04. The second-order valence-electron chi connectivity index (χ2n) is 4.01. The van der Waals surface area contributed by atoms with Crippen molar-refractivity contribution in [2.45, 2.75) is 0 Å². The average Bonchev–Trinajstić information content (AvgIpc) is 2.46. The number of benzene rings is 2. The zero-order valence-electron chi connectivity index (χ0n) is 10.2. The highest BCUT2D eigenvalue weighted by Gasteiger charge is 2.27. The van der Waals surface area contributed by atoms with Gasteiger partial charge in [-0.25, -0.2) is 5.09 Å². The minimum atomic E-state index is -3.11. The summed E-state index contributed by atoms with van der Waals surface area (Å²) in [6, 6.07) is 17.8. The van der Waals surface area contributed by atoms with Gasteiger partial charge in [-0.3, -0.25) is 9.36 Å².